The van der Waals surface area contributed by atoms with E-state index in [1.165, 1.54) is 44.8 Å². The van der Waals surface area contributed by atoms with Gasteiger partial charge in [-0.2, -0.15) is 11.8 Å². The number of hydrogen-bond donors (Lipinski definition) is 1. The molecule has 0 radical (unpaired) electrons. The van der Waals surface area contributed by atoms with Crippen molar-refractivity contribution in [1.82, 2.24) is 10.2 Å². The highest BCUT2D eigenvalue weighted by atomic mass is 32.2. The Hall–Kier alpha value is 0.01000. The van der Waals surface area contributed by atoms with Crippen LogP contribution in [0.3, 0.4) is 0 Å². The molecule has 1 rings (SSSR count). The normalized spacial score (nSPS) is 27.6. The molecule has 1 saturated heterocycles. The van der Waals surface area contributed by atoms with Gasteiger partial charge in [0.2, 0.25) is 0 Å². The second-order valence-corrected chi connectivity index (χ2v) is 5.98. The van der Waals surface area contributed by atoms with Crippen LogP contribution in [0.25, 0.3) is 0 Å². The highest BCUT2D eigenvalue weighted by Crippen LogP contribution is 2.15. The van der Waals surface area contributed by atoms with E-state index < -0.39 is 0 Å². The van der Waals surface area contributed by atoms with E-state index in [0.717, 1.165) is 5.75 Å². The van der Waals surface area contributed by atoms with Crippen molar-refractivity contribution in [1.29, 1.82) is 0 Å². The van der Waals surface area contributed by atoms with Gasteiger partial charge >= 0.3 is 0 Å². The summed E-state index contributed by atoms with van der Waals surface area (Å²) in [5.41, 5.74) is 0.319. The van der Waals surface area contributed by atoms with Crippen molar-refractivity contribution in [2.45, 2.75) is 32.2 Å². The first kappa shape index (κ1) is 14.1. The van der Waals surface area contributed by atoms with Crippen molar-refractivity contribution in [3.63, 3.8) is 0 Å². The molecule has 1 unspecified atom stereocenters. The van der Waals surface area contributed by atoms with Gasteiger partial charge in [-0.1, -0.05) is 13.0 Å². The molecular weight excluding hydrogens is 216 g/mol. The molecule has 0 aromatic rings. The van der Waals surface area contributed by atoms with Crippen molar-refractivity contribution in [3.8, 4) is 0 Å². The maximum atomic E-state index is 3.75. The smallest absolute Gasteiger partial charge is 0.0277 e. The van der Waals surface area contributed by atoms with Crippen LogP contribution in [0.5, 0.6) is 0 Å². The Labute approximate surface area is 105 Å². The lowest BCUT2D eigenvalue weighted by atomic mass is 9.99. The van der Waals surface area contributed by atoms with E-state index in [0.29, 0.717) is 5.54 Å². The molecule has 94 valence electrons. The van der Waals surface area contributed by atoms with Crippen LogP contribution >= 0.6 is 11.8 Å². The molecule has 1 aliphatic heterocycles. The SMILES string of the molecule is C=CCSCCN1CCCNC(C)(CC)C1. The van der Waals surface area contributed by atoms with E-state index in [9.17, 15) is 0 Å². The molecular formula is C13H26N2S. The first-order valence-corrected chi connectivity index (χ1v) is 7.51. The zero-order chi connectivity index (χ0) is 11.9. The van der Waals surface area contributed by atoms with Crippen LogP contribution in [0.2, 0.25) is 0 Å². The van der Waals surface area contributed by atoms with Gasteiger partial charge in [0, 0.05) is 30.1 Å². The summed E-state index contributed by atoms with van der Waals surface area (Å²) in [6.45, 7) is 13.2. The largest absolute Gasteiger partial charge is 0.310 e. The molecule has 3 heteroatoms. The van der Waals surface area contributed by atoms with Crippen molar-refractivity contribution in [2.75, 3.05) is 37.7 Å². The summed E-state index contributed by atoms with van der Waals surface area (Å²) in [7, 11) is 0. The zero-order valence-corrected chi connectivity index (χ0v) is 11.6. The minimum atomic E-state index is 0.319. The van der Waals surface area contributed by atoms with Crippen LogP contribution in [0.4, 0.5) is 0 Å². The summed E-state index contributed by atoms with van der Waals surface area (Å²) < 4.78 is 0. The van der Waals surface area contributed by atoms with Gasteiger partial charge in [-0.25, -0.2) is 0 Å². The number of hydrogen-bond acceptors (Lipinski definition) is 3. The van der Waals surface area contributed by atoms with Gasteiger partial charge in [0.1, 0.15) is 0 Å². The number of nitrogens with one attached hydrogen (secondary N) is 1. The lowest BCUT2D eigenvalue weighted by Gasteiger charge is -2.32. The van der Waals surface area contributed by atoms with E-state index in [1.807, 2.05) is 17.8 Å². The molecule has 1 atom stereocenters. The van der Waals surface area contributed by atoms with Gasteiger partial charge in [0.15, 0.2) is 0 Å². The highest BCUT2D eigenvalue weighted by Gasteiger charge is 2.26. The van der Waals surface area contributed by atoms with Crippen LogP contribution in [0.1, 0.15) is 26.7 Å². The van der Waals surface area contributed by atoms with Gasteiger partial charge < -0.3 is 10.2 Å². The van der Waals surface area contributed by atoms with E-state index in [1.54, 1.807) is 0 Å². The van der Waals surface area contributed by atoms with Gasteiger partial charge in [0.25, 0.3) is 0 Å². The van der Waals surface area contributed by atoms with Crippen molar-refractivity contribution < 1.29 is 0 Å². The summed E-state index contributed by atoms with van der Waals surface area (Å²) in [6.07, 6.45) is 4.48. The van der Waals surface area contributed by atoms with Gasteiger partial charge in [-0.3, -0.25) is 0 Å². The second kappa shape index (κ2) is 7.36. The summed E-state index contributed by atoms with van der Waals surface area (Å²) >= 11 is 1.98. The van der Waals surface area contributed by atoms with E-state index in [4.69, 9.17) is 0 Å². The Morgan fingerprint density at radius 1 is 1.56 bits per heavy atom. The fourth-order valence-electron chi connectivity index (χ4n) is 2.11. The van der Waals surface area contributed by atoms with Crippen LogP contribution in [0, 0.1) is 0 Å². The second-order valence-electron chi connectivity index (χ2n) is 4.83. The van der Waals surface area contributed by atoms with Crippen LogP contribution < -0.4 is 5.32 Å². The molecule has 0 amide bonds. The molecule has 0 aromatic heterocycles. The lowest BCUT2D eigenvalue weighted by Crippen LogP contribution is -2.48. The standard InChI is InChI=1S/C13H26N2S/c1-4-10-16-11-9-15-8-6-7-14-13(3,5-2)12-15/h4,14H,1,5-12H2,2-3H3. The maximum Gasteiger partial charge on any atom is 0.0277 e. The number of thioether (sulfide) groups is 1. The summed E-state index contributed by atoms with van der Waals surface area (Å²) in [5, 5.41) is 3.67. The molecule has 1 aliphatic rings. The molecule has 0 saturated carbocycles. The van der Waals surface area contributed by atoms with Gasteiger partial charge in [-0.15, -0.1) is 6.58 Å². The van der Waals surface area contributed by atoms with Crippen molar-refractivity contribution in [2.24, 2.45) is 0 Å². The third-order valence-electron chi connectivity index (χ3n) is 3.34. The predicted octanol–water partition coefficient (Wildman–Crippen LogP) is 2.37. The summed E-state index contributed by atoms with van der Waals surface area (Å²) in [5.74, 6) is 2.31. The van der Waals surface area contributed by atoms with E-state index in [2.05, 4.69) is 30.6 Å². The van der Waals surface area contributed by atoms with Crippen molar-refractivity contribution >= 4 is 11.8 Å². The molecule has 2 nitrogen and oxygen atoms in total. The minimum Gasteiger partial charge on any atom is -0.310 e. The Balaban J connectivity index is 2.31. The zero-order valence-electron chi connectivity index (χ0n) is 10.8. The molecule has 0 aromatic carbocycles. The molecule has 0 aliphatic carbocycles. The quantitative estimate of drug-likeness (QED) is 0.569. The van der Waals surface area contributed by atoms with E-state index >= 15 is 0 Å². The Morgan fingerprint density at radius 2 is 2.38 bits per heavy atom. The first-order chi connectivity index (χ1) is 7.70. The molecule has 1 fully saturated rings. The Morgan fingerprint density at radius 3 is 3.06 bits per heavy atom. The van der Waals surface area contributed by atoms with Crippen LogP contribution in [-0.2, 0) is 0 Å². The number of nitrogens with zero attached hydrogens (tertiary/aromatic N) is 1. The van der Waals surface area contributed by atoms with Crippen LogP contribution in [-0.4, -0.2) is 48.1 Å². The first-order valence-electron chi connectivity index (χ1n) is 6.36. The lowest BCUT2D eigenvalue weighted by molar-refractivity contribution is 0.225. The Bertz CT molecular complexity index is 208. The third kappa shape index (κ3) is 4.89. The summed E-state index contributed by atoms with van der Waals surface area (Å²) in [6, 6.07) is 0. The van der Waals surface area contributed by atoms with Crippen molar-refractivity contribution in [3.05, 3.63) is 12.7 Å². The summed E-state index contributed by atoms with van der Waals surface area (Å²) in [4.78, 5) is 2.61. The maximum absolute atomic E-state index is 3.75. The van der Waals surface area contributed by atoms with Gasteiger partial charge in [0.05, 0.1) is 0 Å². The fraction of sp³-hybridized carbons (Fsp3) is 0.846. The predicted molar refractivity (Wildman–Crippen MR) is 75.3 cm³/mol. The van der Waals surface area contributed by atoms with E-state index in [-0.39, 0.29) is 0 Å². The molecule has 0 spiro atoms. The minimum absolute atomic E-state index is 0.319. The average molecular weight is 242 g/mol. The monoisotopic (exact) mass is 242 g/mol. The average Bonchev–Trinajstić information content (AvgIpc) is 2.47. The molecule has 1 heterocycles. The van der Waals surface area contributed by atoms with Gasteiger partial charge in [-0.05, 0) is 32.9 Å². The van der Waals surface area contributed by atoms with Crippen LogP contribution in [0.15, 0.2) is 12.7 Å². The third-order valence-corrected chi connectivity index (χ3v) is 4.29. The Kier molecular flexibility index (Phi) is 6.47. The fourth-order valence-corrected chi connectivity index (χ4v) is 2.83. The highest BCUT2D eigenvalue weighted by molar-refractivity contribution is 7.99. The topological polar surface area (TPSA) is 15.3 Å². The molecule has 1 N–H and O–H groups in total. The number of rotatable bonds is 6. The molecule has 16 heavy (non-hydrogen) atoms. The molecule has 0 bridgehead atoms.